The van der Waals surface area contributed by atoms with E-state index < -0.39 is 0 Å². The van der Waals surface area contributed by atoms with E-state index in [-0.39, 0.29) is 6.71 Å². The van der Waals surface area contributed by atoms with Crippen molar-refractivity contribution < 1.29 is 8.83 Å². The summed E-state index contributed by atoms with van der Waals surface area (Å²) in [4.78, 5) is 5.13. The number of rotatable bonds is 4. The largest absolute Gasteiger partial charge is 0.456 e. The predicted molar refractivity (Wildman–Crippen MR) is 312 cm³/mol. The van der Waals surface area contributed by atoms with Gasteiger partial charge in [-0.25, -0.2) is 0 Å². The number of fused-ring (bicyclic) bond motifs is 16. The molecule has 17 rings (SSSR count). The smallest absolute Gasteiger partial charge is 0.252 e. The third kappa shape index (κ3) is 5.61. The average Bonchev–Trinajstić information content (AvgIpc) is 4.21. The van der Waals surface area contributed by atoms with Gasteiger partial charge in [0.05, 0.1) is 11.4 Å². The molecule has 0 radical (unpaired) electrons. The summed E-state index contributed by atoms with van der Waals surface area (Å²) in [5.41, 5.74) is 18.6. The van der Waals surface area contributed by atoms with Crippen molar-refractivity contribution >= 4 is 164 Å². The van der Waals surface area contributed by atoms with Crippen LogP contribution in [0.15, 0.2) is 233 Å². The van der Waals surface area contributed by atoms with Gasteiger partial charge in [0.25, 0.3) is 6.71 Å². The van der Waals surface area contributed by atoms with Gasteiger partial charge in [0.2, 0.25) is 0 Å². The van der Waals surface area contributed by atoms with Gasteiger partial charge in [-0.15, -0.1) is 22.7 Å². The first kappa shape index (κ1) is 39.8. The van der Waals surface area contributed by atoms with Crippen molar-refractivity contribution in [2.45, 2.75) is 0 Å². The molecule has 338 valence electrons. The van der Waals surface area contributed by atoms with Crippen LogP contribution >= 0.6 is 22.7 Å². The van der Waals surface area contributed by atoms with Crippen molar-refractivity contribution in [1.82, 2.24) is 0 Å². The first-order valence-corrected chi connectivity index (χ1v) is 26.5. The Bertz CT molecular complexity index is 4540. The number of benzene rings is 11. The van der Waals surface area contributed by atoms with E-state index in [4.69, 9.17) is 8.83 Å². The zero-order valence-electron chi connectivity index (χ0n) is 39.0. The van der Waals surface area contributed by atoms with Crippen molar-refractivity contribution in [3.8, 4) is 22.3 Å². The zero-order valence-corrected chi connectivity index (χ0v) is 40.6. The van der Waals surface area contributed by atoms with Crippen LogP contribution in [-0.2, 0) is 0 Å². The molecule has 2 aliphatic rings. The quantitative estimate of drug-likeness (QED) is 0.165. The fourth-order valence-electron chi connectivity index (χ4n) is 12.5. The second kappa shape index (κ2) is 14.8. The summed E-state index contributed by atoms with van der Waals surface area (Å²) in [5.74, 6) is 0. The molecule has 0 atom stereocenters. The van der Waals surface area contributed by atoms with Crippen LogP contribution in [0.4, 0.5) is 34.1 Å². The van der Waals surface area contributed by atoms with E-state index in [1.807, 2.05) is 22.7 Å². The molecule has 4 aromatic heterocycles. The Morgan fingerprint density at radius 2 is 0.712 bits per heavy atom. The molecule has 0 saturated heterocycles. The zero-order chi connectivity index (χ0) is 47.5. The van der Waals surface area contributed by atoms with Crippen LogP contribution < -0.4 is 26.2 Å². The standard InChI is InChI=1S/C66H37BN2O2S2/c1-3-16-38(17-4-1)44-34-64-48(42-22-9-13-28-62(42)72-64)32-54(44)68-52-24-15-25-53-66(52)67(50-30-46-40-20-7-11-26-58(40)70-60(46)36-56(50)68)51-31-47-41-21-8-12-27-59(41)71-61(47)37-57(51)69(53)55-33-49-43-23-10-14-29-63(43)73-65(49)35-45(55)39-18-5-2-6-19-39/h1-37H. The fraction of sp³-hybridized carbons (Fsp3) is 0. The van der Waals surface area contributed by atoms with Crippen LogP contribution in [-0.4, -0.2) is 6.71 Å². The molecule has 4 nitrogen and oxygen atoms in total. The summed E-state index contributed by atoms with van der Waals surface area (Å²) in [7, 11) is 0. The molecular weight excluding hydrogens is 928 g/mol. The Balaban J connectivity index is 1.04. The highest BCUT2D eigenvalue weighted by atomic mass is 32.1. The van der Waals surface area contributed by atoms with E-state index in [1.54, 1.807) is 0 Å². The highest BCUT2D eigenvalue weighted by Crippen LogP contribution is 2.52. The van der Waals surface area contributed by atoms with Crippen molar-refractivity contribution in [3.63, 3.8) is 0 Å². The second-order valence-corrected chi connectivity index (χ2v) is 21.7. The van der Waals surface area contributed by atoms with Gasteiger partial charge in [-0.05, 0) is 88.2 Å². The molecule has 73 heavy (non-hydrogen) atoms. The highest BCUT2D eigenvalue weighted by Gasteiger charge is 2.45. The maximum Gasteiger partial charge on any atom is 0.252 e. The van der Waals surface area contributed by atoms with Crippen LogP contribution in [0.5, 0.6) is 0 Å². The Kier molecular flexibility index (Phi) is 8.09. The summed E-state index contributed by atoms with van der Waals surface area (Å²) in [6.07, 6.45) is 0. The summed E-state index contributed by atoms with van der Waals surface area (Å²) in [5, 5.41) is 9.47. The van der Waals surface area contributed by atoms with E-state index in [0.29, 0.717) is 0 Å². The summed E-state index contributed by atoms with van der Waals surface area (Å²) in [6, 6.07) is 82.8. The number of hydrogen-bond acceptors (Lipinski definition) is 6. The minimum atomic E-state index is -0.156. The molecule has 11 aromatic carbocycles. The molecule has 0 unspecified atom stereocenters. The first-order chi connectivity index (χ1) is 36.2. The van der Waals surface area contributed by atoms with Crippen molar-refractivity contribution in [2.75, 3.05) is 9.80 Å². The Morgan fingerprint density at radius 3 is 1.19 bits per heavy atom. The van der Waals surface area contributed by atoms with Gasteiger partial charge in [0.1, 0.15) is 22.3 Å². The molecule has 0 N–H and O–H groups in total. The van der Waals surface area contributed by atoms with Gasteiger partial charge >= 0.3 is 0 Å². The number of thiophene rings is 2. The third-order valence-electron chi connectivity index (χ3n) is 15.6. The maximum atomic E-state index is 6.84. The molecule has 0 saturated carbocycles. The van der Waals surface area contributed by atoms with E-state index in [0.717, 1.165) is 78.0 Å². The molecule has 6 heterocycles. The average molecular weight is 965 g/mol. The molecule has 0 fully saturated rings. The van der Waals surface area contributed by atoms with Crippen LogP contribution in [0.3, 0.4) is 0 Å². The van der Waals surface area contributed by atoms with Crippen LogP contribution in [0.2, 0.25) is 0 Å². The Labute approximate surface area is 426 Å². The second-order valence-electron chi connectivity index (χ2n) is 19.5. The van der Waals surface area contributed by atoms with Gasteiger partial charge < -0.3 is 18.6 Å². The van der Waals surface area contributed by atoms with Crippen LogP contribution in [0, 0.1) is 0 Å². The van der Waals surface area contributed by atoms with Crippen LogP contribution in [0.25, 0.3) is 106 Å². The number of hydrogen-bond donors (Lipinski definition) is 0. The molecule has 0 amide bonds. The lowest BCUT2D eigenvalue weighted by Crippen LogP contribution is -2.61. The lowest BCUT2D eigenvalue weighted by molar-refractivity contribution is 0.668. The van der Waals surface area contributed by atoms with Gasteiger partial charge in [0, 0.05) is 108 Å². The fourth-order valence-corrected chi connectivity index (χ4v) is 14.7. The van der Waals surface area contributed by atoms with Crippen molar-refractivity contribution in [1.29, 1.82) is 0 Å². The molecular formula is C66H37BN2O2S2. The van der Waals surface area contributed by atoms with Crippen LogP contribution in [0.1, 0.15) is 0 Å². The van der Waals surface area contributed by atoms with Crippen molar-refractivity contribution in [2.24, 2.45) is 0 Å². The molecule has 2 aliphatic heterocycles. The topological polar surface area (TPSA) is 32.8 Å². The third-order valence-corrected chi connectivity index (χ3v) is 17.9. The monoisotopic (exact) mass is 964 g/mol. The minimum absolute atomic E-state index is 0.156. The predicted octanol–water partition coefficient (Wildman–Crippen LogP) is 17.6. The van der Waals surface area contributed by atoms with E-state index in [9.17, 15) is 0 Å². The molecule has 7 heteroatoms. The normalized spacial score (nSPS) is 13.1. The number of furan rings is 2. The Morgan fingerprint density at radius 1 is 0.288 bits per heavy atom. The molecule has 0 bridgehead atoms. The van der Waals surface area contributed by atoms with Gasteiger partial charge in [-0.1, -0.05) is 152 Å². The van der Waals surface area contributed by atoms with E-state index in [1.165, 1.54) is 79.0 Å². The number of nitrogens with zero attached hydrogens (tertiary/aromatic N) is 2. The molecule has 0 spiro atoms. The van der Waals surface area contributed by atoms with Gasteiger partial charge in [-0.3, -0.25) is 0 Å². The summed E-state index contributed by atoms with van der Waals surface area (Å²) >= 11 is 3.73. The SMILES string of the molecule is c1ccc(-c2cc3sc4ccccc4c3cc2N2c3cc4oc5ccccc5c4cc3B3c4cc5c(cc4N(c4cc6c(cc4-c4ccccc4)sc4ccccc46)c4cccc2c43)oc2ccccc25)cc1. The highest BCUT2D eigenvalue weighted by molar-refractivity contribution is 7.26. The molecule has 15 aromatic rings. The van der Waals surface area contributed by atoms with Gasteiger partial charge in [0.15, 0.2) is 0 Å². The Hall–Kier alpha value is -8.88. The van der Waals surface area contributed by atoms with Crippen molar-refractivity contribution in [3.05, 3.63) is 224 Å². The molecule has 0 aliphatic carbocycles. The van der Waals surface area contributed by atoms with E-state index >= 15 is 0 Å². The number of para-hydroxylation sites is 2. The first-order valence-electron chi connectivity index (χ1n) is 24.8. The minimum Gasteiger partial charge on any atom is -0.456 e. The lowest BCUT2D eigenvalue weighted by Gasteiger charge is -2.44. The van der Waals surface area contributed by atoms with Gasteiger partial charge in [-0.2, -0.15) is 0 Å². The summed E-state index contributed by atoms with van der Waals surface area (Å²) in [6.45, 7) is -0.156. The maximum absolute atomic E-state index is 6.84. The summed E-state index contributed by atoms with van der Waals surface area (Å²) < 4.78 is 18.8. The lowest BCUT2D eigenvalue weighted by atomic mass is 9.33. The van der Waals surface area contributed by atoms with E-state index in [2.05, 4.69) is 234 Å². The number of anilines is 6.